The van der Waals surface area contributed by atoms with Crippen LogP contribution in [0.5, 0.6) is 0 Å². The minimum atomic E-state index is 0.766. The molecule has 0 aromatic heterocycles. The molecule has 2 bridgehead atoms. The minimum absolute atomic E-state index is 0.766. The summed E-state index contributed by atoms with van der Waals surface area (Å²) in [5, 5.41) is 3.68. The van der Waals surface area contributed by atoms with Crippen molar-refractivity contribution in [1.82, 2.24) is 10.2 Å². The van der Waals surface area contributed by atoms with Crippen molar-refractivity contribution in [2.24, 2.45) is 11.8 Å². The van der Waals surface area contributed by atoms with E-state index in [4.69, 9.17) is 0 Å². The van der Waals surface area contributed by atoms with Crippen molar-refractivity contribution >= 4 is 5.69 Å². The normalized spacial score (nSPS) is 30.5. The predicted octanol–water partition coefficient (Wildman–Crippen LogP) is 2.96. The van der Waals surface area contributed by atoms with Crippen LogP contribution in [0.4, 0.5) is 5.69 Å². The first kappa shape index (κ1) is 15.8. The highest BCUT2D eigenvalue weighted by atomic mass is 15.2. The van der Waals surface area contributed by atoms with Gasteiger partial charge in [-0.05, 0) is 48.9 Å². The summed E-state index contributed by atoms with van der Waals surface area (Å²) in [6.07, 6.45) is 4.20. The average Bonchev–Trinajstić information content (AvgIpc) is 2.56. The van der Waals surface area contributed by atoms with Gasteiger partial charge in [0.25, 0.3) is 0 Å². The van der Waals surface area contributed by atoms with E-state index in [9.17, 15) is 0 Å². The molecule has 1 unspecified atom stereocenters. The van der Waals surface area contributed by atoms with Crippen molar-refractivity contribution in [3.63, 3.8) is 0 Å². The van der Waals surface area contributed by atoms with Crippen molar-refractivity contribution in [3.8, 4) is 0 Å². The molecule has 122 valence electrons. The lowest BCUT2D eigenvalue weighted by Gasteiger charge is -2.50. The molecule has 3 aliphatic rings. The Balaban J connectivity index is 1.46. The lowest BCUT2D eigenvalue weighted by atomic mass is 9.74. The highest BCUT2D eigenvalue weighted by Gasteiger charge is 2.38. The second-order valence-corrected chi connectivity index (χ2v) is 7.29. The average molecular weight is 301 g/mol. The second-order valence-electron chi connectivity index (χ2n) is 7.29. The number of nitrogens with zero attached hydrogens (tertiary/aromatic N) is 2. The Kier molecular flexibility index (Phi) is 5.04. The van der Waals surface area contributed by atoms with Crippen LogP contribution in [0.2, 0.25) is 0 Å². The summed E-state index contributed by atoms with van der Waals surface area (Å²) in [6, 6.07) is 9.65. The SMILES string of the molecule is CC[C@@H]1CN2CC[C@H]1C[C@@H]2CNCc1ccc(N(C)C)cc1. The summed E-state index contributed by atoms with van der Waals surface area (Å²) in [5.74, 6) is 1.95. The van der Waals surface area contributed by atoms with E-state index in [-0.39, 0.29) is 0 Å². The highest BCUT2D eigenvalue weighted by molar-refractivity contribution is 5.45. The summed E-state index contributed by atoms with van der Waals surface area (Å²) in [6.45, 7) is 7.15. The van der Waals surface area contributed by atoms with Crippen LogP contribution in [0.1, 0.15) is 31.7 Å². The summed E-state index contributed by atoms with van der Waals surface area (Å²) < 4.78 is 0. The molecule has 3 heteroatoms. The number of anilines is 1. The number of piperidine rings is 3. The van der Waals surface area contributed by atoms with Gasteiger partial charge in [-0.15, -0.1) is 0 Å². The summed E-state index contributed by atoms with van der Waals surface area (Å²) in [5.41, 5.74) is 2.65. The fourth-order valence-electron chi connectivity index (χ4n) is 4.22. The molecule has 1 aromatic carbocycles. The zero-order chi connectivity index (χ0) is 15.5. The minimum Gasteiger partial charge on any atom is -0.378 e. The predicted molar refractivity (Wildman–Crippen MR) is 94.3 cm³/mol. The number of hydrogen-bond donors (Lipinski definition) is 1. The molecule has 1 aromatic rings. The van der Waals surface area contributed by atoms with E-state index in [1.165, 1.54) is 43.6 Å². The zero-order valence-corrected chi connectivity index (χ0v) is 14.4. The van der Waals surface area contributed by atoms with Crippen LogP contribution in [0.15, 0.2) is 24.3 Å². The number of hydrogen-bond acceptors (Lipinski definition) is 3. The zero-order valence-electron chi connectivity index (χ0n) is 14.4. The van der Waals surface area contributed by atoms with E-state index in [0.717, 1.165) is 31.0 Å². The molecule has 4 atom stereocenters. The van der Waals surface area contributed by atoms with E-state index in [2.05, 4.69) is 60.4 Å². The molecular weight excluding hydrogens is 270 g/mol. The van der Waals surface area contributed by atoms with E-state index < -0.39 is 0 Å². The summed E-state index contributed by atoms with van der Waals surface area (Å²) in [7, 11) is 4.17. The van der Waals surface area contributed by atoms with Gasteiger partial charge in [-0.3, -0.25) is 4.90 Å². The molecule has 3 fully saturated rings. The Hall–Kier alpha value is -1.06. The molecule has 0 radical (unpaired) electrons. The Labute approximate surface area is 135 Å². The van der Waals surface area contributed by atoms with Gasteiger partial charge in [0.15, 0.2) is 0 Å². The third-order valence-electron chi connectivity index (χ3n) is 5.70. The van der Waals surface area contributed by atoms with Gasteiger partial charge in [-0.25, -0.2) is 0 Å². The fraction of sp³-hybridized carbons (Fsp3) is 0.684. The Morgan fingerprint density at radius 2 is 2.00 bits per heavy atom. The van der Waals surface area contributed by atoms with Crippen LogP contribution in [-0.4, -0.2) is 44.7 Å². The van der Waals surface area contributed by atoms with Gasteiger partial charge in [0.2, 0.25) is 0 Å². The van der Waals surface area contributed by atoms with Gasteiger partial charge in [-0.1, -0.05) is 25.5 Å². The Bertz CT molecular complexity index is 468. The molecule has 3 heterocycles. The van der Waals surface area contributed by atoms with Crippen molar-refractivity contribution in [1.29, 1.82) is 0 Å². The van der Waals surface area contributed by atoms with Crippen molar-refractivity contribution in [2.75, 3.05) is 38.6 Å². The molecule has 0 spiro atoms. The number of rotatable bonds is 6. The maximum Gasteiger partial charge on any atom is 0.0361 e. The molecule has 1 N–H and O–H groups in total. The lowest BCUT2D eigenvalue weighted by Crippen LogP contribution is -2.56. The molecule has 3 nitrogen and oxygen atoms in total. The van der Waals surface area contributed by atoms with E-state index in [1.54, 1.807) is 0 Å². The second kappa shape index (κ2) is 7.01. The maximum absolute atomic E-state index is 3.68. The van der Waals surface area contributed by atoms with Crippen LogP contribution >= 0.6 is 0 Å². The highest BCUT2D eigenvalue weighted by Crippen LogP contribution is 2.37. The maximum atomic E-state index is 3.68. The van der Waals surface area contributed by atoms with Gasteiger partial charge >= 0.3 is 0 Å². The van der Waals surface area contributed by atoms with Crippen LogP contribution in [0.3, 0.4) is 0 Å². The molecular formula is C19H31N3. The van der Waals surface area contributed by atoms with Crippen LogP contribution in [0.25, 0.3) is 0 Å². The van der Waals surface area contributed by atoms with Gasteiger partial charge in [0, 0.05) is 45.5 Å². The molecule has 0 saturated carbocycles. The smallest absolute Gasteiger partial charge is 0.0361 e. The van der Waals surface area contributed by atoms with Gasteiger partial charge in [0.1, 0.15) is 0 Å². The lowest BCUT2D eigenvalue weighted by molar-refractivity contribution is 0.000333. The van der Waals surface area contributed by atoms with Crippen LogP contribution in [-0.2, 0) is 6.54 Å². The number of nitrogens with one attached hydrogen (secondary N) is 1. The van der Waals surface area contributed by atoms with Crippen molar-refractivity contribution < 1.29 is 0 Å². The molecule has 0 amide bonds. The van der Waals surface area contributed by atoms with Crippen LogP contribution < -0.4 is 10.2 Å². The van der Waals surface area contributed by atoms with Gasteiger partial charge in [-0.2, -0.15) is 0 Å². The van der Waals surface area contributed by atoms with E-state index in [1.807, 2.05) is 0 Å². The Morgan fingerprint density at radius 3 is 2.59 bits per heavy atom. The third kappa shape index (κ3) is 3.47. The standard InChI is InChI=1S/C19H31N3/c1-4-16-14-22-10-9-17(16)11-19(22)13-20-12-15-5-7-18(8-6-15)21(2)3/h5-8,16-17,19-20H,4,9-14H2,1-3H3/t16-,17+,19-/m1/s1. The van der Waals surface area contributed by atoms with Gasteiger partial charge in [0.05, 0.1) is 0 Å². The van der Waals surface area contributed by atoms with Crippen LogP contribution in [0, 0.1) is 11.8 Å². The van der Waals surface area contributed by atoms with E-state index in [0.29, 0.717) is 0 Å². The van der Waals surface area contributed by atoms with Gasteiger partial charge < -0.3 is 10.2 Å². The summed E-state index contributed by atoms with van der Waals surface area (Å²) in [4.78, 5) is 4.88. The van der Waals surface area contributed by atoms with Crippen molar-refractivity contribution in [2.45, 2.75) is 38.8 Å². The van der Waals surface area contributed by atoms with Crippen molar-refractivity contribution in [3.05, 3.63) is 29.8 Å². The topological polar surface area (TPSA) is 18.5 Å². The molecule has 0 aliphatic carbocycles. The quantitative estimate of drug-likeness (QED) is 0.871. The van der Waals surface area contributed by atoms with E-state index >= 15 is 0 Å². The third-order valence-corrected chi connectivity index (χ3v) is 5.70. The first-order chi connectivity index (χ1) is 10.7. The fourth-order valence-corrected chi connectivity index (χ4v) is 4.22. The molecule has 22 heavy (non-hydrogen) atoms. The first-order valence-electron chi connectivity index (χ1n) is 8.88. The Morgan fingerprint density at radius 1 is 1.23 bits per heavy atom. The first-order valence-corrected chi connectivity index (χ1v) is 8.88. The molecule has 4 rings (SSSR count). The number of benzene rings is 1. The molecule has 3 aliphatic heterocycles. The number of fused-ring (bicyclic) bond motifs is 3. The molecule has 3 saturated heterocycles. The monoisotopic (exact) mass is 301 g/mol. The largest absolute Gasteiger partial charge is 0.378 e. The summed E-state index contributed by atoms with van der Waals surface area (Å²) >= 11 is 0.